The molecule has 0 radical (unpaired) electrons. The van der Waals surface area contributed by atoms with Crippen molar-refractivity contribution in [2.45, 2.75) is 79.2 Å². The first kappa shape index (κ1) is 16.8. The Bertz CT molecular complexity index is 439. The monoisotopic (exact) mass is 289 g/mol. The zero-order valence-electron chi connectivity index (χ0n) is 15.1. The first-order valence-electron chi connectivity index (χ1n) is 8.70. The molecule has 0 bridgehead atoms. The smallest absolute Gasteiger partial charge is 0.0531 e. The Balaban J connectivity index is 2.53. The molecule has 2 N–H and O–H groups in total. The van der Waals surface area contributed by atoms with Crippen LogP contribution in [0.1, 0.15) is 73.6 Å². The molecule has 2 rings (SSSR count). The molecule has 2 aliphatic carbocycles. The summed E-state index contributed by atoms with van der Waals surface area (Å²) in [5.41, 5.74) is 9.26. The van der Waals surface area contributed by atoms with Crippen molar-refractivity contribution in [3.05, 3.63) is 23.8 Å². The molecular weight excluding hydrogens is 254 g/mol. The van der Waals surface area contributed by atoms with Crippen LogP contribution in [0.15, 0.2) is 23.8 Å². The van der Waals surface area contributed by atoms with Gasteiger partial charge in [-0.3, -0.25) is 0 Å². The lowest BCUT2D eigenvalue weighted by Gasteiger charge is -2.54. The minimum absolute atomic E-state index is 0.0862. The van der Waals surface area contributed by atoms with Crippen LogP contribution < -0.4 is 5.73 Å². The number of hydrogen-bond donors (Lipinski definition) is 1. The van der Waals surface area contributed by atoms with Gasteiger partial charge in [-0.25, -0.2) is 0 Å². The second-order valence-corrected chi connectivity index (χ2v) is 9.21. The average Bonchev–Trinajstić information content (AvgIpc) is 2.35. The summed E-state index contributed by atoms with van der Waals surface area (Å²) in [5.74, 6) is 1.40. The molecule has 2 aliphatic rings. The van der Waals surface area contributed by atoms with E-state index >= 15 is 0 Å². The van der Waals surface area contributed by atoms with Gasteiger partial charge in [0.15, 0.2) is 0 Å². The summed E-state index contributed by atoms with van der Waals surface area (Å²) in [4.78, 5) is 0. The van der Waals surface area contributed by atoms with E-state index in [1.54, 1.807) is 5.57 Å². The molecular formula is C20H35N. The number of hydrogen-bond acceptors (Lipinski definition) is 1. The van der Waals surface area contributed by atoms with Gasteiger partial charge in [0.25, 0.3) is 0 Å². The molecule has 0 saturated heterocycles. The lowest BCUT2D eigenvalue weighted by atomic mass is 9.52. The molecule has 0 aromatic heterocycles. The standard InChI is InChI=1S/C20H35N/c1-14-19(5,6)17(15-11-9-8-10-12-15)16(18(2,3)4)13-20(14,7)21/h13,15,17H,1,8-12,21H2,2-7H3. The van der Waals surface area contributed by atoms with Crippen LogP contribution >= 0.6 is 0 Å². The summed E-state index contributed by atoms with van der Waals surface area (Å²) < 4.78 is 0. The van der Waals surface area contributed by atoms with Gasteiger partial charge in [0.2, 0.25) is 0 Å². The fourth-order valence-electron chi connectivity index (χ4n) is 4.76. The van der Waals surface area contributed by atoms with Gasteiger partial charge in [0, 0.05) is 0 Å². The topological polar surface area (TPSA) is 26.0 Å². The van der Waals surface area contributed by atoms with Gasteiger partial charge in [0.1, 0.15) is 0 Å². The van der Waals surface area contributed by atoms with Crippen LogP contribution in [0.3, 0.4) is 0 Å². The van der Waals surface area contributed by atoms with Gasteiger partial charge in [0.05, 0.1) is 5.54 Å². The van der Waals surface area contributed by atoms with Crippen molar-refractivity contribution in [2.75, 3.05) is 0 Å². The van der Waals surface area contributed by atoms with Gasteiger partial charge in [-0.15, -0.1) is 0 Å². The van der Waals surface area contributed by atoms with Crippen molar-refractivity contribution in [3.63, 3.8) is 0 Å². The Hall–Kier alpha value is -0.560. The van der Waals surface area contributed by atoms with Gasteiger partial charge in [-0.2, -0.15) is 0 Å². The fourth-order valence-corrected chi connectivity index (χ4v) is 4.76. The van der Waals surface area contributed by atoms with Crippen molar-refractivity contribution in [3.8, 4) is 0 Å². The summed E-state index contributed by atoms with van der Waals surface area (Å²) in [7, 11) is 0. The van der Waals surface area contributed by atoms with Gasteiger partial charge < -0.3 is 5.73 Å². The van der Waals surface area contributed by atoms with E-state index in [1.165, 1.54) is 37.7 Å². The highest BCUT2D eigenvalue weighted by Gasteiger charge is 2.49. The lowest BCUT2D eigenvalue weighted by molar-refractivity contribution is 0.129. The highest BCUT2D eigenvalue weighted by Crippen LogP contribution is 2.56. The van der Waals surface area contributed by atoms with Crippen molar-refractivity contribution in [1.29, 1.82) is 0 Å². The van der Waals surface area contributed by atoms with Crippen molar-refractivity contribution in [2.24, 2.45) is 28.4 Å². The first-order valence-corrected chi connectivity index (χ1v) is 8.70. The molecule has 1 nitrogen and oxygen atoms in total. The largest absolute Gasteiger partial charge is 0.319 e. The Morgan fingerprint density at radius 3 is 2.10 bits per heavy atom. The van der Waals surface area contributed by atoms with Crippen LogP contribution in [0.4, 0.5) is 0 Å². The molecule has 0 aliphatic heterocycles. The third-order valence-corrected chi connectivity index (χ3v) is 5.98. The Labute approximate surface area is 132 Å². The predicted molar refractivity (Wildman–Crippen MR) is 93.1 cm³/mol. The highest BCUT2D eigenvalue weighted by molar-refractivity contribution is 5.41. The molecule has 21 heavy (non-hydrogen) atoms. The number of rotatable bonds is 1. The number of allylic oxidation sites excluding steroid dienone is 1. The highest BCUT2D eigenvalue weighted by atomic mass is 14.8. The summed E-state index contributed by atoms with van der Waals surface area (Å²) >= 11 is 0. The van der Waals surface area contributed by atoms with Crippen LogP contribution in [0.5, 0.6) is 0 Å². The molecule has 0 aromatic carbocycles. The fraction of sp³-hybridized carbons (Fsp3) is 0.800. The van der Waals surface area contributed by atoms with E-state index in [0.29, 0.717) is 5.92 Å². The maximum Gasteiger partial charge on any atom is 0.0531 e. The molecule has 0 heterocycles. The zero-order chi connectivity index (χ0) is 16.1. The molecule has 1 heteroatoms. The van der Waals surface area contributed by atoms with Gasteiger partial charge >= 0.3 is 0 Å². The summed E-state index contributed by atoms with van der Waals surface area (Å²) in [6.45, 7) is 18.3. The SMILES string of the molecule is C=C1C(C)(N)C=C(C(C)(C)C)C(C2CCCCC2)C1(C)C. The quantitative estimate of drug-likeness (QED) is 0.636. The second-order valence-electron chi connectivity index (χ2n) is 9.21. The molecule has 2 atom stereocenters. The summed E-state index contributed by atoms with van der Waals surface area (Å²) in [6, 6.07) is 0. The molecule has 1 saturated carbocycles. The van der Waals surface area contributed by atoms with Crippen LogP contribution in [0.2, 0.25) is 0 Å². The molecule has 120 valence electrons. The van der Waals surface area contributed by atoms with Crippen LogP contribution in [-0.4, -0.2) is 5.54 Å². The third-order valence-electron chi connectivity index (χ3n) is 5.98. The molecule has 0 amide bonds. The Morgan fingerprint density at radius 1 is 1.10 bits per heavy atom. The van der Waals surface area contributed by atoms with Crippen LogP contribution in [0, 0.1) is 22.7 Å². The van der Waals surface area contributed by atoms with E-state index in [2.05, 4.69) is 54.2 Å². The van der Waals surface area contributed by atoms with E-state index in [4.69, 9.17) is 5.73 Å². The van der Waals surface area contributed by atoms with Crippen molar-refractivity contribution in [1.82, 2.24) is 0 Å². The van der Waals surface area contributed by atoms with E-state index in [9.17, 15) is 0 Å². The second kappa shape index (κ2) is 5.26. The molecule has 1 fully saturated rings. The van der Waals surface area contributed by atoms with E-state index < -0.39 is 0 Å². The summed E-state index contributed by atoms with van der Waals surface area (Å²) in [5, 5.41) is 0. The molecule has 0 spiro atoms. The van der Waals surface area contributed by atoms with Crippen LogP contribution in [0.25, 0.3) is 0 Å². The number of nitrogens with two attached hydrogens (primary N) is 1. The van der Waals surface area contributed by atoms with E-state index in [0.717, 1.165) is 5.92 Å². The zero-order valence-corrected chi connectivity index (χ0v) is 15.1. The average molecular weight is 290 g/mol. The van der Waals surface area contributed by atoms with Crippen molar-refractivity contribution < 1.29 is 0 Å². The maximum absolute atomic E-state index is 6.60. The molecule has 0 aromatic rings. The van der Waals surface area contributed by atoms with Gasteiger partial charge in [-0.1, -0.05) is 72.1 Å². The first-order chi connectivity index (χ1) is 9.48. The normalized spacial score (nSPS) is 34.7. The van der Waals surface area contributed by atoms with Crippen LogP contribution in [-0.2, 0) is 0 Å². The predicted octanol–water partition coefficient (Wildman–Crippen LogP) is 5.47. The minimum Gasteiger partial charge on any atom is -0.319 e. The Kier molecular flexibility index (Phi) is 4.21. The lowest BCUT2D eigenvalue weighted by Crippen LogP contribution is -2.52. The molecule has 2 unspecified atom stereocenters. The van der Waals surface area contributed by atoms with Crippen molar-refractivity contribution >= 4 is 0 Å². The summed E-state index contributed by atoms with van der Waals surface area (Å²) in [6.07, 6.45) is 9.28. The van der Waals surface area contributed by atoms with Gasteiger partial charge in [-0.05, 0) is 48.0 Å². The third kappa shape index (κ3) is 2.99. The maximum atomic E-state index is 6.60. The minimum atomic E-state index is -0.378. The van der Waals surface area contributed by atoms with E-state index in [-0.39, 0.29) is 16.4 Å². The Morgan fingerprint density at radius 2 is 1.62 bits per heavy atom. The van der Waals surface area contributed by atoms with E-state index in [1.807, 2.05) is 0 Å².